The van der Waals surface area contributed by atoms with E-state index in [9.17, 15) is 9.59 Å². The Bertz CT molecular complexity index is 1300. The zero-order valence-electron chi connectivity index (χ0n) is 18.7. The van der Waals surface area contributed by atoms with Crippen LogP contribution in [-0.2, 0) is 29.6 Å². The molecule has 1 aliphatic heterocycles. The number of nitrogens with one attached hydrogen (secondary N) is 1. The number of anilines is 1. The van der Waals surface area contributed by atoms with Gasteiger partial charge in [0.15, 0.2) is 0 Å². The molecule has 0 aliphatic carbocycles. The van der Waals surface area contributed by atoms with E-state index in [0.717, 1.165) is 35.0 Å². The molecule has 0 radical (unpaired) electrons. The number of aryl methyl sites for hydroxylation is 3. The standard InChI is InChI=1S/C26H27N5O2/c1-29-17-21(20-11-5-6-12-23(20)29)22-16-25-30(26(33)13-15-31(25)28-22)18-24(32)27-14-7-10-19-8-3-2-4-9-19/h2-6,8-9,11-12,16-17H,7,10,13-15,18H2,1H3,(H,27,32). The van der Waals surface area contributed by atoms with Gasteiger partial charge in [-0.1, -0.05) is 48.5 Å². The Hall–Kier alpha value is -3.87. The number of aromatic nitrogens is 3. The summed E-state index contributed by atoms with van der Waals surface area (Å²) in [6.07, 6.45) is 4.16. The smallest absolute Gasteiger partial charge is 0.240 e. The highest BCUT2D eigenvalue weighted by Gasteiger charge is 2.28. The number of hydrogen-bond acceptors (Lipinski definition) is 3. The second-order valence-electron chi connectivity index (χ2n) is 8.45. The molecule has 7 heteroatoms. The molecule has 0 atom stereocenters. The van der Waals surface area contributed by atoms with Crippen LogP contribution in [0.5, 0.6) is 0 Å². The quantitative estimate of drug-likeness (QED) is 0.446. The summed E-state index contributed by atoms with van der Waals surface area (Å²) in [6, 6.07) is 20.3. The van der Waals surface area contributed by atoms with Gasteiger partial charge >= 0.3 is 0 Å². The summed E-state index contributed by atoms with van der Waals surface area (Å²) in [5.41, 5.74) is 4.21. The Morgan fingerprint density at radius 1 is 1.09 bits per heavy atom. The van der Waals surface area contributed by atoms with Crippen molar-refractivity contribution in [3.8, 4) is 11.3 Å². The Morgan fingerprint density at radius 3 is 2.73 bits per heavy atom. The summed E-state index contributed by atoms with van der Waals surface area (Å²) in [5.74, 6) is 0.470. The Balaban J connectivity index is 1.28. The Kier molecular flexibility index (Phi) is 5.69. The lowest BCUT2D eigenvalue weighted by molar-refractivity contribution is -0.124. The fraction of sp³-hybridized carbons (Fsp3) is 0.269. The van der Waals surface area contributed by atoms with E-state index in [0.29, 0.717) is 25.3 Å². The van der Waals surface area contributed by atoms with E-state index < -0.39 is 0 Å². The van der Waals surface area contributed by atoms with Crippen LogP contribution in [0.15, 0.2) is 66.9 Å². The van der Waals surface area contributed by atoms with Crippen molar-refractivity contribution in [2.24, 2.45) is 7.05 Å². The average Bonchev–Trinajstić information content (AvgIpc) is 3.41. The van der Waals surface area contributed by atoms with Crippen molar-refractivity contribution in [2.45, 2.75) is 25.8 Å². The number of hydrogen-bond donors (Lipinski definition) is 1. The lowest BCUT2D eigenvalue weighted by Crippen LogP contribution is -2.44. The predicted molar refractivity (Wildman–Crippen MR) is 129 cm³/mol. The fourth-order valence-electron chi connectivity index (χ4n) is 4.46. The van der Waals surface area contributed by atoms with Gasteiger partial charge in [-0.3, -0.25) is 14.5 Å². The maximum atomic E-state index is 12.7. The number of fused-ring (bicyclic) bond motifs is 2. The first-order valence-electron chi connectivity index (χ1n) is 11.3. The molecule has 0 unspecified atom stereocenters. The summed E-state index contributed by atoms with van der Waals surface area (Å²) >= 11 is 0. The van der Waals surface area contributed by atoms with E-state index in [1.165, 1.54) is 5.56 Å². The minimum atomic E-state index is -0.155. The van der Waals surface area contributed by atoms with Crippen LogP contribution in [0.4, 0.5) is 5.82 Å². The number of carbonyl (C=O) groups excluding carboxylic acids is 2. The second kappa shape index (κ2) is 8.94. The molecule has 2 aromatic heterocycles. The van der Waals surface area contributed by atoms with E-state index >= 15 is 0 Å². The minimum absolute atomic E-state index is 0.00480. The minimum Gasteiger partial charge on any atom is -0.355 e. The zero-order valence-corrected chi connectivity index (χ0v) is 18.7. The van der Waals surface area contributed by atoms with Crippen LogP contribution in [0.1, 0.15) is 18.4 Å². The van der Waals surface area contributed by atoms with Crippen molar-refractivity contribution in [1.82, 2.24) is 19.7 Å². The molecule has 3 heterocycles. The molecule has 0 saturated carbocycles. The zero-order chi connectivity index (χ0) is 22.8. The maximum Gasteiger partial charge on any atom is 0.240 e. The average molecular weight is 442 g/mol. The van der Waals surface area contributed by atoms with Crippen LogP contribution in [0.2, 0.25) is 0 Å². The number of rotatable bonds is 7. The monoisotopic (exact) mass is 441 g/mol. The third kappa shape index (κ3) is 4.26. The lowest BCUT2D eigenvalue weighted by Gasteiger charge is -2.26. The van der Waals surface area contributed by atoms with E-state index in [-0.39, 0.29) is 18.4 Å². The van der Waals surface area contributed by atoms with Crippen molar-refractivity contribution >= 4 is 28.5 Å². The molecule has 0 bridgehead atoms. The molecule has 0 saturated heterocycles. The first-order chi connectivity index (χ1) is 16.1. The topological polar surface area (TPSA) is 72.2 Å². The maximum absolute atomic E-state index is 12.7. The normalized spacial score (nSPS) is 13.4. The first kappa shape index (κ1) is 21.0. The largest absolute Gasteiger partial charge is 0.355 e. The summed E-state index contributed by atoms with van der Waals surface area (Å²) in [7, 11) is 2.01. The summed E-state index contributed by atoms with van der Waals surface area (Å²) in [6.45, 7) is 1.11. The van der Waals surface area contributed by atoms with E-state index in [4.69, 9.17) is 5.10 Å². The van der Waals surface area contributed by atoms with Gasteiger partial charge in [0.1, 0.15) is 12.4 Å². The molecule has 1 N–H and O–H groups in total. The number of benzene rings is 2. The molecule has 7 nitrogen and oxygen atoms in total. The van der Waals surface area contributed by atoms with E-state index in [1.807, 2.05) is 48.1 Å². The predicted octanol–water partition coefficient (Wildman–Crippen LogP) is 3.53. The molecule has 2 aromatic carbocycles. The highest BCUT2D eigenvalue weighted by molar-refractivity contribution is 6.00. The van der Waals surface area contributed by atoms with E-state index in [2.05, 4.69) is 40.3 Å². The van der Waals surface area contributed by atoms with Gasteiger partial charge < -0.3 is 9.88 Å². The fourth-order valence-corrected chi connectivity index (χ4v) is 4.46. The third-order valence-corrected chi connectivity index (χ3v) is 6.16. The van der Waals surface area contributed by atoms with Crippen molar-refractivity contribution < 1.29 is 9.59 Å². The highest BCUT2D eigenvalue weighted by Crippen LogP contribution is 2.33. The van der Waals surface area contributed by atoms with Gasteiger partial charge in [0.05, 0.1) is 12.2 Å². The van der Waals surface area contributed by atoms with Crippen molar-refractivity contribution in [3.05, 3.63) is 72.4 Å². The molecule has 33 heavy (non-hydrogen) atoms. The van der Waals surface area contributed by atoms with Gasteiger partial charge in [0.2, 0.25) is 11.8 Å². The number of amides is 2. The van der Waals surface area contributed by atoms with E-state index in [1.54, 1.807) is 4.90 Å². The molecule has 4 aromatic rings. The number of nitrogens with zero attached hydrogens (tertiary/aromatic N) is 4. The summed E-state index contributed by atoms with van der Waals surface area (Å²) in [4.78, 5) is 26.8. The van der Waals surface area contributed by atoms with Crippen molar-refractivity contribution in [2.75, 3.05) is 18.0 Å². The Morgan fingerprint density at radius 2 is 1.88 bits per heavy atom. The summed E-state index contributed by atoms with van der Waals surface area (Å²) < 4.78 is 3.91. The molecular weight excluding hydrogens is 414 g/mol. The van der Waals surface area contributed by atoms with Gasteiger partial charge in [-0.05, 0) is 24.5 Å². The molecule has 0 spiro atoms. The SMILES string of the molecule is Cn1cc(-c2cc3n(n2)CCC(=O)N3CC(=O)NCCCc2ccccc2)c2ccccc21. The molecule has 5 rings (SSSR count). The van der Waals surface area contributed by atoms with Crippen LogP contribution >= 0.6 is 0 Å². The van der Waals surface area contributed by atoms with Crippen LogP contribution in [0.25, 0.3) is 22.2 Å². The van der Waals surface area contributed by atoms with Gasteiger partial charge in [-0.2, -0.15) is 5.10 Å². The van der Waals surface area contributed by atoms with Crippen molar-refractivity contribution in [3.63, 3.8) is 0 Å². The number of carbonyl (C=O) groups is 2. The lowest BCUT2D eigenvalue weighted by atomic mass is 10.1. The van der Waals surface area contributed by atoms with Gasteiger partial charge in [0.25, 0.3) is 0 Å². The molecule has 2 amide bonds. The van der Waals surface area contributed by atoms with Crippen LogP contribution in [0, 0.1) is 0 Å². The molecule has 1 aliphatic rings. The molecular formula is C26H27N5O2. The number of para-hydroxylation sites is 1. The molecule has 168 valence electrons. The highest BCUT2D eigenvalue weighted by atomic mass is 16.2. The second-order valence-corrected chi connectivity index (χ2v) is 8.45. The van der Waals surface area contributed by atoms with Crippen LogP contribution in [0.3, 0.4) is 0 Å². The summed E-state index contributed by atoms with van der Waals surface area (Å²) in [5, 5.41) is 8.83. The van der Waals surface area contributed by atoms with Gasteiger partial charge in [0, 0.05) is 48.7 Å². The Labute approximate surface area is 192 Å². The van der Waals surface area contributed by atoms with Crippen LogP contribution < -0.4 is 10.2 Å². The van der Waals surface area contributed by atoms with Gasteiger partial charge in [-0.15, -0.1) is 0 Å². The van der Waals surface area contributed by atoms with Crippen LogP contribution in [-0.4, -0.2) is 39.3 Å². The molecule has 0 fully saturated rings. The first-order valence-corrected chi connectivity index (χ1v) is 11.3. The third-order valence-electron chi connectivity index (χ3n) is 6.16. The van der Waals surface area contributed by atoms with Crippen molar-refractivity contribution in [1.29, 1.82) is 0 Å². The van der Waals surface area contributed by atoms with Gasteiger partial charge in [-0.25, -0.2) is 4.68 Å².